The van der Waals surface area contributed by atoms with Crippen LogP contribution in [0.25, 0.3) is 0 Å². The van der Waals surface area contributed by atoms with Crippen molar-refractivity contribution in [3.8, 4) is 0 Å². The molecule has 1 unspecified atom stereocenters. The van der Waals surface area contributed by atoms with Gasteiger partial charge in [0, 0.05) is 10.2 Å². The zero-order chi connectivity index (χ0) is 14.6. The van der Waals surface area contributed by atoms with Crippen molar-refractivity contribution < 1.29 is 14.6 Å². The molecule has 1 amide bonds. The van der Waals surface area contributed by atoms with Gasteiger partial charge in [-0.15, -0.1) is 0 Å². The maximum atomic E-state index is 12.2. The first-order valence-electron chi connectivity index (χ1n) is 6.13. The molecule has 1 aromatic carbocycles. The Bertz CT molecular complexity index is 443. The maximum Gasteiger partial charge on any atom is 0.415 e. The highest BCUT2D eigenvalue weighted by atomic mass is 79.9. The van der Waals surface area contributed by atoms with E-state index in [-0.39, 0.29) is 12.6 Å². The van der Waals surface area contributed by atoms with Gasteiger partial charge in [-0.05, 0) is 45.9 Å². The van der Waals surface area contributed by atoms with E-state index in [1.54, 1.807) is 13.0 Å². The van der Waals surface area contributed by atoms with Gasteiger partial charge in [-0.2, -0.15) is 0 Å². The molecule has 5 heteroatoms. The van der Waals surface area contributed by atoms with E-state index in [4.69, 9.17) is 4.74 Å². The van der Waals surface area contributed by atoms with Crippen LogP contribution in [0.1, 0.15) is 27.7 Å². The second-order valence-corrected chi connectivity index (χ2v) is 6.28. The lowest BCUT2D eigenvalue weighted by Gasteiger charge is -2.31. The second-order valence-electron chi connectivity index (χ2n) is 5.36. The number of carbonyl (C=O) groups is 1. The van der Waals surface area contributed by atoms with E-state index in [9.17, 15) is 9.90 Å². The van der Waals surface area contributed by atoms with Gasteiger partial charge in [-0.3, -0.25) is 4.90 Å². The summed E-state index contributed by atoms with van der Waals surface area (Å²) in [6, 6.07) is 6.97. The standard InChI is InChI=1S/C14H20BrNO3/c1-10(9-17)16(13(18)19-14(2,3)4)12-7-5-6-11(15)8-12/h5-8,10,17H,9H2,1-4H3. The van der Waals surface area contributed by atoms with Gasteiger partial charge in [0.25, 0.3) is 0 Å². The molecule has 0 heterocycles. The highest BCUT2D eigenvalue weighted by Gasteiger charge is 2.27. The molecule has 0 aliphatic heterocycles. The van der Waals surface area contributed by atoms with Crippen molar-refractivity contribution in [2.24, 2.45) is 0 Å². The molecule has 0 saturated heterocycles. The van der Waals surface area contributed by atoms with Crippen molar-refractivity contribution in [3.05, 3.63) is 28.7 Å². The molecule has 0 aromatic heterocycles. The lowest BCUT2D eigenvalue weighted by atomic mass is 10.2. The fourth-order valence-electron chi connectivity index (χ4n) is 1.56. The van der Waals surface area contributed by atoms with Crippen LogP contribution in [0.2, 0.25) is 0 Å². The van der Waals surface area contributed by atoms with Crippen LogP contribution < -0.4 is 4.90 Å². The summed E-state index contributed by atoms with van der Waals surface area (Å²) < 4.78 is 6.24. The molecule has 0 spiro atoms. The third kappa shape index (κ3) is 4.84. The number of amides is 1. The van der Waals surface area contributed by atoms with Gasteiger partial charge in [-0.1, -0.05) is 22.0 Å². The van der Waals surface area contributed by atoms with Crippen molar-refractivity contribution in [1.82, 2.24) is 0 Å². The fourth-order valence-corrected chi connectivity index (χ4v) is 1.95. The monoisotopic (exact) mass is 329 g/mol. The number of carbonyl (C=O) groups excluding carboxylic acids is 1. The number of anilines is 1. The van der Waals surface area contributed by atoms with E-state index in [2.05, 4.69) is 15.9 Å². The Morgan fingerprint density at radius 2 is 2.11 bits per heavy atom. The lowest BCUT2D eigenvalue weighted by Crippen LogP contribution is -2.44. The summed E-state index contributed by atoms with van der Waals surface area (Å²) in [5.74, 6) is 0. The zero-order valence-corrected chi connectivity index (χ0v) is 13.3. The molecular weight excluding hydrogens is 310 g/mol. The van der Waals surface area contributed by atoms with Gasteiger partial charge in [0.05, 0.1) is 12.6 Å². The van der Waals surface area contributed by atoms with Gasteiger partial charge < -0.3 is 9.84 Å². The van der Waals surface area contributed by atoms with Crippen molar-refractivity contribution >= 4 is 27.7 Å². The van der Waals surface area contributed by atoms with Gasteiger partial charge in [0.15, 0.2) is 0 Å². The average molecular weight is 330 g/mol. The Kier molecular flexibility index (Phi) is 5.38. The summed E-state index contributed by atoms with van der Waals surface area (Å²) in [7, 11) is 0. The Hall–Kier alpha value is -1.07. The highest BCUT2D eigenvalue weighted by Crippen LogP contribution is 2.24. The Labute approximate surface area is 122 Å². The molecule has 1 aromatic rings. The van der Waals surface area contributed by atoms with E-state index in [0.717, 1.165) is 4.47 Å². The van der Waals surface area contributed by atoms with Crippen molar-refractivity contribution in [2.75, 3.05) is 11.5 Å². The molecule has 0 aliphatic rings. The summed E-state index contributed by atoms with van der Waals surface area (Å²) in [5.41, 5.74) is 0.112. The molecule has 106 valence electrons. The number of nitrogens with zero attached hydrogens (tertiary/aromatic N) is 1. The summed E-state index contributed by atoms with van der Waals surface area (Å²) in [4.78, 5) is 13.7. The quantitative estimate of drug-likeness (QED) is 0.922. The Morgan fingerprint density at radius 1 is 1.47 bits per heavy atom. The number of ether oxygens (including phenoxy) is 1. The largest absolute Gasteiger partial charge is 0.443 e. The molecule has 4 nitrogen and oxygen atoms in total. The number of hydrogen-bond donors (Lipinski definition) is 1. The molecule has 0 fully saturated rings. The summed E-state index contributed by atoms with van der Waals surface area (Å²) in [6.45, 7) is 7.07. The molecule has 1 N–H and O–H groups in total. The normalized spacial score (nSPS) is 12.9. The van der Waals surface area contributed by atoms with Crippen LogP contribution in [0.5, 0.6) is 0 Å². The van der Waals surface area contributed by atoms with Gasteiger partial charge in [0.2, 0.25) is 0 Å². The van der Waals surface area contributed by atoms with Crippen LogP contribution in [0.15, 0.2) is 28.7 Å². The molecule has 1 atom stereocenters. The lowest BCUT2D eigenvalue weighted by molar-refractivity contribution is 0.0555. The molecule has 1 rings (SSSR count). The van der Waals surface area contributed by atoms with Gasteiger partial charge in [-0.25, -0.2) is 4.79 Å². The minimum absolute atomic E-state index is 0.133. The molecule has 0 bridgehead atoms. The molecular formula is C14H20BrNO3. The van der Waals surface area contributed by atoms with E-state index in [1.165, 1.54) is 4.90 Å². The smallest absolute Gasteiger partial charge is 0.415 e. The summed E-state index contributed by atoms with van der Waals surface area (Å²) in [6.07, 6.45) is -0.466. The van der Waals surface area contributed by atoms with E-state index in [1.807, 2.05) is 39.0 Å². The van der Waals surface area contributed by atoms with E-state index in [0.29, 0.717) is 5.69 Å². The molecule has 0 radical (unpaired) electrons. The first-order chi connectivity index (χ1) is 8.74. The van der Waals surface area contributed by atoms with Crippen LogP contribution in [-0.2, 0) is 4.74 Å². The first-order valence-corrected chi connectivity index (χ1v) is 6.92. The zero-order valence-electron chi connectivity index (χ0n) is 11.7. The van der Waals surface area contributed by atoms with Crippen LogP contribution in [0, 0.1) is 0 Å². The predicted octanol–water partition coefficient (Wildman–Crippen LogP) is 3.57. The fraction of sp³-hybridized carbons (Fsp3) is 0.500. The third-order valence-corrected chi connectivity index (χ3v) is 2.87. The number of aliphatic hydroxyl groups is 1. The minimum atomic E-state index is -0.573. The molecule has 0 saturated carbocycles. The van der Waals surface area contributed by atoms with Crippen molar-refractivity contribution in [2.45, 2.75) is 39.3 Å². The summed E-state index contributed by atoms with van der Waals surface area (Å²) >= 11 is 3.37. The summed E-state index contributed by atoms with van der Waals surface area (Å²) in [5, 5.41) is 9.32. The van der Waals surface area contributed by atoms with Crippen LogP contribution >= 0.6 is 15.9 Å². The van der Waals surface area contributed by atoms with Crippen molar-refractivity contribution in [1.29, 1.82) is 0 Å². The predicted molar refractivity (Wildman–Crippen MR) is 79.4 cm³/mol. The van der Waals surface area contributed by atoms with Gasteiger partial charge >= 0.3 is 6.09 Å². The Balaban J connectivity index is 3.05. The van der Waals surface area contributed by atoms with E-state index < -0.39 is 11.7 Å². The number of hydrogen-bond acceptors (Lipinski definition) is 3. The van der Waals surface area contributed by atoms with Crippen LogP contribution in [0.3, 0.4) is 0 Å². The minimum Gasteiger partial charge on any atom is -0.443 e. The number of aliphatic hydroxyl groups excluding tert-OH is 1. The second kappa shape index (κ2) is 6.39. The first kappa shape index (κ1) is 16.0. The van der Waals surface area contributed by atoms with Crippen molar-refractivity contribution in [3.63, 3.8) is 0 Å². The van der Waals surface area contributed by atoms with E-state index >= 15 is 0 Å². The average Bonchev–Trinajstić information content (AvgIpc) is 2.26. The number of rotatable bonds is 3. The SMILES string of the molecule is CC(CO)N(C(=O)OC(C)(C)C)c1cccc(Br)c1. The Morgan fingerprint density at radius 3 is 2.58 bits per heavy atom. The highest BCUT2D eigenvalue weighted by molar-refractivity contribution is 9.10. The van der Waals surface area contributed by atoms with Crippen LogP contribution in [-0.4, -0.2) is 29.4 Å². The number of halogens is 1. The third-order valence-electron chi connectivity index (χ3n) is 2.38. The molecule has 19 heavy (non-hydrogen) atoms. The maximum absolute atomic E-state index is 12.2. The van der Waals surface area contributed by atoms with Gasteiger partial charge in [0.1, 0.15) is 5.60 Å². The van der Waals surface area contributed by atoms with Crippen LogP contribution in [0.4, 0.5) is 10.5 Å². The number of benzene rings is 1. The molecule has 0 aliphatic carbocycles. The topological polar surface area (TPSA) is 49.8 Å².